The summed E-state index contributed by atoms with van der Waals surface area (Å²) in [5, 5.41) is 30.2. The first-order valence-corrected chi connectivity index (χ1v) is 20.0. The molecule has 0 aliphatic carbocycles. The lowest BCUT2D eigenvalue weighted by Gasteiger charge is -2.33. The monoisotopic (exact) mass is 741 g/mol. The third-order valence-corrected chi connectivity index (χ3v) is 14.9. The van der Waals surface area contributed by atoms with Crippen LogP contribution in [0.4, 0.5) is 0 Å². The molecule has 0 spiro atoms. The summed E-state index contributed by atoms with van der Waals surface area (Å²) >= 11 is 0. The third kappa shape index (κ3) is 8.51. The van der Waals surface area contributed by atoms with Gasteiger partial charge in [0.15, 0.2) is 0 Å². The molecule has 1 aliphatic rings. The van der Waals surface area contributed by atoms with E-state index in [0.717, 1.165) is 0 Å². The van der Waals surface area contributed by atoms with Crippen LogP contribution in [0.1, 0.15) is 0 Å². The molecule has 1 heterocycles. The van der Waals surface area contributed by atoms with Gasteiger partial charge in [-0.1, -0.05) is 68.1 Å². The fraction of sp³-hybridized carbons (Fsp3) is 0. The van der Waals surface area contributed by atoms with Crippen LogP contribution >= 0.6 is 23.0 Å². The second-order valence-corrected chi connectivity index (χ2v) is 16.9. The lowest BCUT2D eigenvalue weighted by Crippen LogP contribution is -2.11. The molecule has 15 heteroatoms. The number of hydrogen-bond acceptors (Lipinski definition) is 12. The highest BCUT2D eigenvalue weighted by Gasteiger charge is 2.49. The highest BCUT2D eigenvalue weighted by Crippen LogP contribution is 2.78. The number of nitrogens with zero attached hydrogens (tertiary/aromatic N) is 3. The first kappa shape index (κ1) is 33.7. The zero-order valence-corrected chi connectivity index (χ0v) is 29.2. The summed E-state index contributed by atoms with van der Waals surface area (Å²) in [6.45, 7) is 0. The molecule has 0 amide bonds. The quantitative estimate of drug-likeness (QED) is 0.104. The largest absolute Gasteiger partial charge is 0.508 e. The van der Waals surface area contributed by atoms with Crippen LogP contribution in [-0.4, -0.2) is 15.3 Å². The molecule has 0 fully saturated rings. The van der Waals surface area contributed by atoms with Crippen molar-refractivity contribution in [1.29, 1.82) is 0 Å². The smallest absolute Gasteiger partial charge is 0.460 e. The molecule has 1 aliphatic heterocycles. The Morgan fingerprint density at radius 1 is 0.275 bits per heavy atom. The minimum absolute atomic E-state index is 0.0149. The number of hydrogen-bond donors (Lipinski definition) is 3. The van der Waals surface area contributed by atoms with E-state index in [9.17, 15) is 15.3 Å². The molecular formula is C36H30N3O9P3. The summed E-state index contributed by atoms with van der Waals surface area (Å²) in [4.78, 5) is 0. The molecule has 0 unspecified atom stereocenters. The number of benzene rings is 6. The van der Waals surface area contributed by atoms with E-state index >= 15 is 0 Å². The van der Waals surface area contributed by atoms with Crippen LogP contribution in [0.25, 0.3) is 0 Å². The number of para-hydroxylation sites is 3. The average Bonchev–Trinajstić information content (AvgIpc) is 3.12. The Labute approximate surface area is 293 Å². The van der Waals surface area contributed by atoms with Gasteiger partial charge in [-0.2, -0.15) is 0 Å². The fourth-order valence-electron chi connectivity index (χ4n) is 4.55. The maximum absolute atomic E-state index is 10.1. The van der Waals surface area contributed by atoms with E-state index in [1.165, 1.54) is 36.4 Å². The van der Waals surface area contributed by atoms with E-state index in [-0.39, 0.29) is 34.5 Å². The van der Waals surface area contributed by atoms with Crippen LogP contribution in [0.15, 0.2) is 177 Å². The standard InChI is InChI=1S/C36H30N3O9P3/c40-28-16-22-34(23-17-28)46-49(43-31-10-4-1-5-11-31)37-50(44-32-12-6-2-7-13-32,47-35-24-18-29(41)19-25-35)39-51(38-49,45-33-14-8-3-9-15-33)48-36-26-20-30(42)21-27-36/h1-27,40-42H. The lowest BCUT2D eigenvalue weighted by atomic mass is 10.3. The van der Waals surface area contributed by atoms with Gasteiger partial charge in [0.2, 0.25) is 0 Å². The molecular weight excluding hydrogens is 711 g/mol. The van der Waals surface area contributed by atoms with Crippen LogP contribution < -0.4 is 27.1 Å². The summed E-state index contributed by atoms with van der Waals surface area (Å²) < 4.78 is 55.1. The van der Waals surface area contributed by atoms with Gasteiger partial charge in [-0.05, 0) is 109 Å². The Balaban J connectivity index is 1.56. The van der Waals surface area contributed by atoms with Crippen LogP contribution in [0.2, 0.25) is 0 Å². The van der Waals surface area contributed by atoms with E-state index in [4.69, 9.17) is 40.7 Å². The van der Waals surface area contributed by atoms with Crippen molar-refractivity contribution in [2.75, 3.05) is 0 Å². The molecule has 6 aromatic rings. The molecule has 0 saturated carbocycles. The van der Waals surface area contributed by atoms with Gasteiger partial charge in [0, 0.05) is 0 Å². The van der Waals surface area contributed by atoms with Gasteiger partial charge in [-0.15, -0.1) is 0 Å². The molecule has 258 valence electrons. The molecule has 0 atom stereocenters. The van der Waals surface area contributed by atoms with E-state index in [0.29, 0.717) is 17.2 Å². The summed E-state index contributed by atoms with van der Waals surface area (Å²) in [7, 11) is -12.3. The molecule has 0 radical (unpaired) electrons. The summed E-state index contributed by atoms with van der Waals surface area (Å²) in [6, 6.07) is 44.5. The molecule has 3 N–H and O–H groups in total. The van der Waals surface area contributed by atoms with Crippen LogP contribution in [0.5, 0.6) is 51.7 Å². The van der Waals surface area contributed by atoms with E-state index in [1.54, 1.807) is 109 Å². The summed E-state index contributed by atoms with van der Waals surface area (Å²) in [5.41, 5.74) is 0. The normalized spacial score (nSPS) is 20.7. The second kappa shape index (κ2) is 14.6. The zero-order valence-electron chi connectivity index (χ0n) is 26.6. The molecule has 0 bridgehead atoms. The Morgan fingerprint density at radius 3 is 0.686 bits per heavy atom. The minimum Gasteiger partial charge on any atom is -0.508 e. The van der Waals surface area contributed by atoms with Gasteiger partial charge in [-0.3, -0.25) is 0 Å². The Hall–Kier alpha value is -5.79. The molecule has 6 aromatic carbocycles. The molecule has 51 heavy (non-hydrogen) atoms. The molecule has 7 rings (SSSR count). The van der Waals surface area contributed by atoms with Crippen molar-refractivity contribution < 1.29 is 42.5 Å². The van der Waals surface area contributed by atoms with Gasteiger partial charge >= 0.3 is 23.0 Å². The maximum Gasteiger partial charge on any atom is 0.460 e. The van der Waals surface area contributed by atoms with Crippen LogP contribution in [-0.2, 0) is 0 Å². The Kier molecular flexibility index (Phi) is 9.64. The zero-order chi connectivity index (χ0) is 35.2. The number of rotatable bonds is 12. The van der Waals surface area contributed by atoms with Crippen molar-refractivity contribution in [2.45, 2.75) is 0 Å². The lowest BCUT2D eigenvalue weighted by molar-refractivity contribution is 0.439. The van der Waals surface area contributed by atoms with Crippen molar-refractivity contribution >= 4 is 23.0 Å². The fourth-order valence-corrected chi connectivity index (χ4v) is 13.6. The highest BCUT2D eigenvalue weighted by atomic mass is 31.3. The Bertz CT molecular complexity index is 1980. The van der Waals surface area contributed by atoms with E-state index in [1.807, 2.05) is 18.2 Å². The van der Waals surface area contributed by atoms with Gasteiger partial charge in [0.25, 0.3) is 0 Å². The van der Waals surface area contributed by atoms with Crippen molar-refractivity contribution in [2.24, 2.45) is 13.5 Å². The van der Waals surface area contributed by atoms with E-state index in [2.05, 4.69) is 0 Å². The van der Waals surface area contributed by atoms with Gasteiger partial charge in [-0.25, -0.2) is 0 Å². The Morgan fingerprint density at radius 2 is 0.471 bits per heavy atom. The predicted molar refractivity (Wildman–Crippen MR) is 195 cm³/mol. The summed E-state index contributed by atoms with van der Waals surface area (Å²) in [6.07, 6.45) is 0. The van der Waals surface area contributed by atoms with Gasteiger partial charge in [0.05, 0.1) is 0 Å². The maximum atomic E-state index is 10.1. The van der Waals surface area contributed by atoms with Crippen molar-refractivity contribution in [3.8, 4) is 51.7 Å². The molecule has 0 saturated heterocycles. The number of aromatic hydroxyl groups is 3. The predicted octanol–water partition coefficient (Wildman–Crippen LogP) is 11.4. The van der Waals surface area contributed by atoms with Crippen LogP contribution in [0.3, 0.4) is 0 Å². The molecule has 0 aromatic heterocycles. The van der Waals surface area contributed by atoms with Gasteiger partial charge in [0.1, 0.15) is 51.7 Å². The first-order valence-electron chi connectivity index (χ1n) is 15.4. The molecule has 12 nitrogen and oxygen atoms in total. The van der Waals surface area contributed by atoms with Crippen molar-refractivity contribution in [3.05, 3.63) is 164 Å². The summed E-state index contributed by atoms with van der Waals surface area (Å²) in [5.74, 6) is 1.84. The SMILES string of the molecule is Oc1ccc(OP2(Oc3ccccc3)=NP(Oc3ccccc3)(Oc3ccc(O)cc3)=NP(Oc3ccccc3)(Oc3ccc(O)cc3)=N2)cc1. The first-order chi connectivity index (χ1) is 24.8. The average molecular weight is 742 g/mol. The minimum atomic E-state index is -4.08. The number of phenolic OH excluding ortho intramolecular Hbond substituents is 3. The third-order valence-electron chi connectivity index (χ3n) is 6.76. The van der Waals surface area contributed by atoms with E-state index < -0.39 is 23.0 Å². The highest BCUT2D eigenvalue weighted by molar-refractivity contribution is 7.79. The second-order valence-electron chi connectivity index (χ2n) is 10.7. The topological polar surface area (TPSA) is 153 Å². The van der Waals surface area contributed by atoms with Crippen molar-refractivity contribution in [3.63, 3.8) is 0 Å². The number of phenols is 3. The van der Waals surface area contributed by atoms with Gasteiger partial charge < -0.3 is 42.5 Å². The van der Waals surface area contributed by atoms with Crippen molar-refractivity contribution in [1.82, 2.24) is 0 Å². The van der Waals surface area contributed by atoms with Crippen LogP contribution in [0, 0.1) is 0 Å².